The summed E-state index contributed by atoms with van der Waals surface area (Å²) in [5, 5.41) is 0. The Balaban J connectivity index is 0.00000112. The summed E-state index contributed by atoms with van der Waals surface area (Å²) in [6, 6.07) is 0. The van der Waals surface area contributed by atoms with Gasteiger partial charge in [0.05, 0.1) is 11.8 Å². The van der Waals surface area contributed by atoms with E-state index in [1.165, 1.54) is 10.9 Å². The smallest absolute Gasteiger partial charge is 0.401 e. The van der Waals surface area contributed by atoms with Gasteiger partial charge in [0.2, 0.25) is 5.69 Å². The summed E-state index contributed by atoms with van der Waals surface area (Å²) >= 11 is 0. The molecule has 0 amide bonds. The molecule has 0 aliphatic rings. The van der Waals surface area contributed by atoms with Crippen molar-refractivity contribution in [2.45, 2.75) is 0 Å². The van der Waals surface area contributed by atoms with E-state index in [1.807, 2.05) is 0 Å². The van der Waals surface area contributed by atoms with E-state index in [1.54, 1.807) is 18.7 Å². The largest absolute Gasteiger partial charge is 1.00 e. The molecule has 0 saturated carbocycles. The normalized spacial score (nSPS) is 10.3. The molecule has 0 saturated heterocycles. The molecule has 0 atom stereocenters. The van der Waals surface area contributed by atoms with Gasteiger partial charge in [-0.1, -0.05) is 0 Å². The van der Waals surface area contributed by atoms with E-state index >= 15 is 0 Å². The van der Waals surface area contributed by atoms with Gasteiger partial charge in [0.25, 0.3) is 0 Å². The van der Waals surface area contributed by atoms with Gasteiger partial charge < -0.3 is 23.3 Å². The molecule has 2 rings (SSSR count). The second-order valence-corrected chi connectivity index (χ2v) is 3.10. The second kappa shape index (κ2) is 3.88. The third-order valence-corrected chi connectivity index (χ3v) is 2.20. The van der Waals surface area contributed by atoms with Crippen LogP contribution in [0.5, 0.6) is 0 Å². The first-order valence-electron chi connectivity index (χ1n) is 3.98. The van der Waals surface area contributed by atoms with Crippen LogP contribution >= 0.6 is 0 Å². The number of hydrogen-bond acceptors (Lipinski definition) is 3. The Morgan fingerprint density at radius 2 is 1.93 bits per heavy atom. The van der Waals surface area contributed by atoms with Crippen LogP contribution in [-0.4, -0.2) is 18.7 Å². The van der Waals surface area contributed by atoms with Crippen molar-refractivity contribution in [1.82, 2.24) is 18.7 Å². The quantitative estimate of drug-likeness (QED) is 0.334. The standard InChI is InChI=1S/C8H9N4O2.Na/c1-10-4-9-6-5(10)7(13)12(3)8(14)11(6)2;/h4H,3H2,1-2H3;/q-1;+1. The van der Waals surface area contributed by atoms with Crippen LogP contribution in [-0.2, 0) is 14.1 Å². The summed E-state index contributed by atoms with van der Waals surface area (Å²) < 4.78 is 3.69. The van der Waals surface area contributed by atoms with Crippen LogP contribution in [0, 0.1) is 7.05 Å². The van der Waals surface area contributed by atoms with E-state index in [0.717, 1.165) is 4.57 Å². The maximum atomic E-state index is 11.6. The summed E-state index contributed by atoms with van der Waals surface area (Å²) in [6.07, 6.45) is 1.49. The molecule has 0 spiro atoms. The minimum Gasteiger partial charge on any atom is -0.401 e. The van der Waals surface area contributed by atoms with Crippen molar-refractivity contribution in [3.63, 3.8) is 0 Å². The fraction of sp³-hybridized carbons (Fsp3) is 0.250. The number of fused-ring (bicyclic) bond motifs is 1. The Labute approximate surface area is 107 Å². The van der Waals surface area contributed by atoms with E-state index in [-0.39, 0.29) is 29.6 Å². The van der Waals surface area contributed by atoms with Crippen molar-refractivity contribution >= 4 is 11.2 Å². The fourth-order valence-electron chi connectivity index (χ4n) is 1.40. The van der Waals surface area contributed by atoms with E-state index in [9.17, 15) is 9.59 Å². The molecular formula is C8H9N4NaO2. The van der Waals surface area contributed by atoms with Crippen LogP contribution in [0.1, 0.15) is 0 Å². The van der Waals surface area contributed by atoms with E-state index in [0.29, 0.717) is 11.2 Å². The van der Waals surface area contributed by atoms with Gasteiger partial charge >= 0.3 is 29.6 Å². The number of aryl methyl sites for hydroxylation is 2. The number of aromatic nitrogens is 4. The van der Waals surface area contributed by atoms with Crippen LogP contribution in [0.15, 0.2) is 15.9 Å². The zero-order chi connectivity index (χ0) is 10.5. The Morgan fingerprint density at radius 1 is 1.33 bits per heavy atom. The molecule has 0 aliphatic heterocycles. The minimum absolute atomic E-state index is 0. The maximum absolute atomic E-state index is 11.6. The molecule has 7 heteroatoms. The van der Waals surface area contributed by atoms with Gasteiger partial charge in [-0.3, -0.25) is 0 Å². The molecule has 15 heavy (non-hydrogen) atoms. The van der Waals surface area contributed by atoms with Crippen molar-refractivity contribution in [2.75, 3.05) is 0 Å². The average molecular weight is 216 g/mol. The first kappa shape index (κ1) is 12.1. The number of imidazole rings is 1. The molecule has 6 nitrogen and oxygen atoms in total. The Kier molecular flexibility index (Phi) is 3.13. The predicted octanol–water partition coefficient (Wildman–Crippen LogP) is -3.92. The van der Waals surface area contributed by atoms with Gasteiger partial charge in [-0.15, -0.1) is 7.05 Å². The SMILES string of the molecule is [CH2-]n1c(=O)c2c(ncn2C)n(C)c1=O.[Na+]. The third-order valence-electron chi connectivity index (χ3n) is 2.20. The van der Waals surface area contributed by atoms with Gasteiger partial charge in [0.1, 0.15) is 5.65 Å². The number of nitrogens with zero attached hydrogens (tertiary/aromatic N) is 4. The van der Waals surface area contributed by atoms with Gasteiger partial charge in [-0.05, 0) is 0 Å². The molecule has 0 fully saturated rings. The zero-order valence-electron chi connectivity index (χ0n) is 8.89. The molecule has 0 bridgehead atoms. The van der Waals surface area contributed by atoms with Crippen LogP contribution in [0.25, 0.3) is 11.2 Å². The van der Waals surface area contributed by atoms with Crippen LogP contribution in [0.3, 0.4) is 0 Å². The van der Waals surface area contributed by atoms with Crippen molar-refractivity contribution in [2.24, 2.45) is 14.1 Å². The summed E-state index contributed by atoms with van der Waals surface area (Å²) in [5.41, 5.74) is -0.145. The summed E-state index contributed by atoms with van der Waals surface area (Å²) in [4.78, 5) is 27.0. The van der Waals surface area contributed by atoms with Gasteiger partial charge in [-0.2, -0.15) is 0 Å². The molecule has 74 valence electrons. The molecule has 2 heterocycles. The topological polar surface area (TPSA) is 61.8 Å². The van der Waals surface area contributed by atoms with E-state index in [2.05, 4.69) is 12.0 Å². The monoisotopic (exact) mass is 216 g/mol. The van der Waals surface area contributed by atoms with Crippen LogP contribution in [0.2, 0.25) is 0 Å². The summed E-state index contributed by atoms with van der Waals surface area (Å²) in [5.74, 6) is 0. The van der Waals surface area contributed by atoms with E-state index in [4.69, 9.17) is 0 Å². The maximum Gasteiger partial charge on any atom is 1.00 e. The average Bonchev–Trinajstić information content (AvgIpc) is 2.54. The zero-order valence-corrected chi connectivity index (χ0v) is 10.9. The Bertz CT molecular complexity index is 622. The van der Waals surface area contributed by atoms with Crippen LogP contribution in [0.4, 0.5) is 0 Å². The first-order chi connectivity index (χ1) is 6.54. The third kappa shape index (κ3) is 1.54. The Hall–Kier alpha value is -0.980. The summed E-state index contributed by atoms with van der Waals surface area (Å²) in [6.45, 7) is 0. The molecule has 2 aromatic heterocycles. The number of rotatable bonds is 0. The first-order valence-corrected chi connectivity index (χ1v) is 3.98. The van der Waals surface area contributed by atoms with E-state index < -0.39 is 11.2 Å². The van der Waals surface area contributed by atoms with Crippen LogP contribution < -0.4 is 40.8 Å². The van der Waals surface area contributed by atoms with Crippen molar-refractivity contribution in [3.8, 4) is 0 Å². The minimum atomic E-state index is -0.471. The van der Waals surface area contributed by atoms with Gasteiger partial charge in [-0.25, -0.2) is 4.98 Å². The molecule has 0 aromatic carbocycles. The van der Waals surface area contributed by atoms with Gasteiger partial charge in [0.15, 0.2) is 5.56 Å². The molecular weight excluding hydrogens is 207 g/mol. The van der Waals surface area contributed by atoms with Crippen molar-refractivity contribution in [1.29, 1.82) is 0 Å². The molecule has 0 radical (unpaired) electrons. The molecule has 0 aliphatic carbocycles. The fourth-order valence-corrected chi connectivity index (χ4v) is 1.40. The van der Waals surface area contributed by atoms with Gasteiger partial charge in [0, 0.05) is 14.1 Å². The van der Waals surface area contributed by atoms with Crippen molar-refractivity contribution < 1.29 is 29.6 Å². The molecule has 2 aromatic rings. The predicted molar refractivity (Wildman–Crippen MR) is 51.0 cm³/mol. The summed E-state index contributed by atoms with van der Waals surface area (Å²) in [7, 11) is 6.63. The second-order valence-electron chi connectivity index (χ2n) is 3.10. The Morgan fingerprint density at radius 3 is 2.53 bits per heavy atom. The molecule has 0 N–H and O–H groups in total. The number of hydrogen-bond donors (Lipinski definition) is 0. The van der Waals surface area contributed by atoms with Crippen molar-refractivity contribution in [3.05, 3.63) is 34.2 Å². The molecule has 0 unspecified atom stereocenters.